The molecule has 3 rings (SSSR count). The van der Waals surface area contributed by atoms with E-state index in [1.165, 1.54) is 6.42 Å². The second-order valence-electron chi connectivity index (χ2n) is 8.22. The summed E-state index contributed by atoms with van der Waals surface area (Å²) in [5.41, 5.74) is -0.500. The van der Waals surface area contributed by atoms with Gasteiger partial charge in [0.1, 0.15) is 11.4 Å². The summed E-state index contributed by atoms with van der Waals surface area (Å²) in [7, 11) is 0. The van der Waals surface area contributed by atoms with E-state index in [1.807, 2.05) is 13.8 Å². The first-order valence-electron chi connectivity index (χ1n) is 8.54. The Balaban J connectivity index is 1.63. The highest BCUT2D eigenvalue weighted by molar-refractivity contribution is 5.81. The van der Waals surface area contributed by atoms with Crippen molar-refractivity contribution in [1.29, 1.82) is 0 Å². The highest BCUT2D eigenvalue weighted by atomic mass is 16.6. The van der Waals surface area contributed by atoms with Gasteiger partial charge in [0.25, 0.3) is 0 Å². The minimum absolute atomic E-state index is 0.00870. The average molecular weight is 292 g/mol. The van der Waals surface area contributed by atoms with Crippen LogP contribution in [-0.2, 0) is 14.3 Å². The van der Waals surface area contributed by atoms with E-state index >= 15 is 0 Å². The molecule has 0 saturated heterocycles. The Kier molecular flexibility index (Phi) is 3.66. The fourth-order valence-electron chi connectivity index (χ4n) is 5.04. The van der Waals surface area contributed by atoms with Crippen LogP contribution in [0.2, 0.25) is 0 Å². The number of fused-ring (bicyclic) bond motifs is 2. The molecule has 0 amide bonds. The van der Waals surface area contributed by atoms with Gasteiger partial charge in [0.15, 0.2) is 0 Å². The summed E-state index contributed by atoms with van der Waals surface area (Å²) in [6.45, 7) is 8.57. The Morgan fingerprint density at radius 3 is 2.43 bits per heavy atom. The van der Waals surface area contributed by atoms with Crippen LogP contribution in [-0.4, -0.2) is 17.4 Å². The molecule has 6 unspecified atom stereocenters. The molecule has 0 heterocycles. The van der Waals surface area contributed by atoms with Crippen molar-refractivity contribution < 1.29 is 14.3 Å². The zero-order valence-corrected chi connectivity index (χ0v) is 13.7. The van der Waals surface area contributed by atoms with Gasteiger partial charge in [-0.25, -0.2) is 0 Å². The van der Waals surface area contributed by atoms with Crippen LogP contribution < -0.4 is 0 Å². The highest BCUT2D eigenvalue weighted by Gasteiger charge is 2.52. The predicted molar refractivity (Wildman–Crippen MR) is 80.6 cm³/mol. The first-order chi connectivity index (χ1) is 9.79. The lowest BCUT2D eigenvalue weighted by atomic mass is 9.75. The molecule has 0 aromatic carbocycles. The van der Waals surface area contributed by atoms with Gasteiger partial charge < -0.3 is 4.74 Å². The average Bonchev–Trinajstić information content (AvgIpc) is 3.07. The Labute approximate surface area is 127 Å². The van der Waals surface area contributed by atoms with Crippen LogP contribution in [0.3, 0.4) is 0 Å². The number of hydrogen-bond acceptors (Lipinski definition) is 3. The summed E-state index contributed by atoms with van der Waals surface area (Å²) >= 11 is 0. The molecule has 0 aliphatic heterocycles. The van der Waals surface area contributed by atoms with Crippen LogP contribution in [0.15, 0.2) is 0 Å². The molecule has 118 valence electrons. The van der Waals surface area contributed by atoms with Gasteiger partial charge in [0, 0.05) is 18.8 Å². The lowest BCUT2D eigenvalue weighted by Gasteiger charge is -2.35. The smallest absolute Gasteiger partial charge is 0.309 e. The van der Waals surface area contributed by atoms with Gasteiger partial charge in [0.05, 0.1) is 5.92 Å². The summed E-state index contributed by atoms with van der Waals surface area (Å²) in [4.78, 5) is 24.1. The summed E-state index contributed by atoms with van der Waals surface area (Å²) in [6.07, 6.45) is 4.29. The number of Topliss-reactive ketones (excluding diaryl/α,β-unsaturated/α-hetero) is 1. The lowest BCUT2D eigenvalue weighted by molar-refractivity contribution is -0.170. The van der Waals surface area contributed by atoms with Crippen LogP contribution in [0, 0.1) is 35.5 Å². The number of carbonyl (C=O) groups excluding carboxylic acids is 2. The molecule has 3 saturated carbocycles. The van der Waals surface area contributed by atoms with Crippen LogP contribution in [0.5, 0.6) is 0 Å². The predicted octanol–water partition coefficient (Wildman–Crippen LogP) is 3.61. The van der Waals surface area contributed by atoms with Crippen molar-refractivity contribution in [2.75, 3.05) is 0 Å². The minimum atomic E-state index is -0.500. The standard InChI is InChI=1S/C18H28O3/c1-10-11(2)15-7-12(10)8-16(15)17(20)21-18(3,4)13-5-6-14(19)9-13/h10-13,15-16H,5-9H2,1-4H3. The van der Waals surface area contributed by atoms with E-state index in [9.17, 15) is 9.59 Å². The molecule has 3 fully saturated rings. The van der Waals surface area contributed by atoms with Gasteiger partial charge >= 0.3 is 5.97 Å². The molecule has 0 spiro atoms. The van der Waals surface area contributed by atoms with E-state index in [2.05, 4.69) is 13.8 Å². The Morgan fingerprint density at radius 1 is 1.19 bits per heavy atom. The normalized spacial score (nSPS) is 42.6. The Bertz CT molecular complexity index is 451. The van der Waals surface area contributed by atoms with E-state index in [4.69, 9.17) is 4.74 Å². The topological polar surface area (TPSA) is 43.4 Å². The van der Waals surface area contributed by atoms with E-state index < -0.39 is 5.60 Å². The third-order valence-corrected chi connectivity index (χ3v) is 6.79. The summed E-state index contributed by atoms with van der Waals surface area (Å²) in [6, 6.07) is 0. The van der Waals surface area contributed by atoms with E-state index in [-0.39, 0.29) is 17.8 Å². The quantitative estimate of drug-likeness (QED) is 0.746. The van der Waals surface area contributed by atoms with Crippen molar-refractivity contribution in [3.05, 3.63) is 0 Å². The molecule has 21 heavy (non-hydrogen) atoms. The maximum Gasteiger partial charge on any atom is 0.309 e. The largest absolute Gasteiger partial charge is 0.459 e. The SMILES string of the molecule is CC1C2CC(C(=O)OC(C)(C)C3CCC(=O)C3)C(C2)C1C. The van der Waals surface area contributed by atoms with Gasteiger partial charge in [-0.1, -0.05) is 13.8 Å². The van der Waals surface area contributed by atoms with Gasteiger partial charge in [-0.15, -0.1) is 0 Å². The molecular weight excluding hydrogens is 264 g/mol. The maximum absolute atomic E-state index is 12.6. The number of ketones is 1. The molecule has 6 atom stereocenters. The van der Waals surface area contributed by atoms with E-state index in [0.29, 0.717) is 36.4 Å². The molecule has 3 nitrogen and oxygen atoms in total. The molecule has 0 aromatic rings. The number of rotatable bonds is 3. The number of carbonyl (C=O) groups is 2. The third kappa shape index (κ3) is 2.53. The van der Waals surface area contributed by atoms with Crippen LogP contribution >= 0.6 is 0 Å². The molecule has 3 aliphatic carbocycles. The second kappa shape index (κ2) is 5.10. The molecule has 0 aromatic heterocycles. The molecule has 0 radical (unpaired) electrons. The maximum atomic E-state index is 12.6. The molecule has 3 heteroatoms. The fraction of sp³-hybridized carbons (Fsp3) is 0.889. The van der Waals surface area contributed by atoms with Crippen molar-refractivity contribution in [2.24, 2.45) is 35.5 Å². The third-order valence-electron chi connectivity index (χ3n) is 6.79. The Morgan fingerprint density at radius 2 is 1.90 bits per heavy atom. The molecule has 0 N–H and O–H groups in total. The number of hydrogen-bond donors (Lipinski definition) is 0. The van der Waals surface area contributed by atoms with Crippen molar-refractivity contribution >= 4 is 11.8 Å². The van der Waals surface area contributed by atoms with Gasteiger partial charge in [0.2, 0.25) is 0 Å². The molecular formula is C18H28O3. The zero-order chi connectivity index (χ0) is 15.4. The molecule has 2 bridgehead atoms. The second-order valence-corrected chi connectivity index (χ2v) is 8.22. The van der Waals surface area contributed by atoms with Crippen molar-refractivity contribution in [3.63, 3.8) is 0 Å². The van der Waals surface area contributed by atoms with Crippen LogP contribution in [0.25, 0.3) is 0 Å². The van der Waals surface area contributed by atoms with E-state index in [1.54, 1.807) is 0 Å². The van der Waals surface area contributed by atoms with Crippen molar-refractivity contribution in [2.45, 2.75) is 65.4 Å². The monoisotopic (exact) mass is 292 g/mol. The molecule has 3 aliphatic rings. The van der Waals surface area contributed by atoms with Gasteiger partial charge in [-0.2, -0.15) is 0 Å². The summed E-state index contributed by atoms with van der Waals surface area (Å²) in [5.74, 6) is 3.20. The zero-order valence-electron chi connectivity index (χ0n) is 13.7. The first kappa shape index (κ1) is 15.1. The van der Waals surface area contributed by atoms with E-state index in [0.717, 1.165) is 18.8 Å². The number of ether oxygens (including phenoxy) is 1. The van der Waals surface area contributed by atoms with Crippen LogP contribution in [0.1, 0.15) is 59.8 Å². The summed E-state index contributed by atoms with van der Waals surface area (Å²) < 4.78 is 5.90. The Hall–Kier alpha value is -0.860. The lowest BCUT2D eigenvalue weighted by Crippen LogP contribution is -2.40. The fourth-order valence-corrected chi connectivity index (χ4v) is 5.04. The number of esters is 1. The van der Waals surface area contributed by atoms with Gasteiger partial charge in [-0.3, -0.25) is 9.59 Å². The van der Waals surface area contributed by atoms with Crippen LogP contribution in [0.4, 0.5) is 0 Å². The minimum Gasteiger partial charge on any atom is -0.459 e. The van der Waals surface area contributed by atoms with Crippen molar-refractivity contribution in [1.82, 2.24) is 0 Å². The highest BCUT2D eigenvalue weighted by Crippen LogP contribution is 2.55. The first-order valence-corrected chi connectivity index (χ1v) is 8.54. The summed E-state index contributed by atoms with van der Waals surface area (Å²) in [5, 5.41) is 0. The van der Waals surface area contributed by atoms with Gasteiger partial charge in [-0.05, 0) is 56.8 Å². The van der Waals surface area contributed by atoms with Crippen molar-refractivity contribution in [3.8, 4) is 0 Å².